The van der Waals surface area contributed by atoms with Gasteiger partial charge in [0.15, 0.2) is 0 Å². The number of pyridine rings is 1. The van der Waals surface area contributed by atoms with Gasteiger partial charge in [-0.15, -0.1) is 0 Å². The minimum absolute atomic E-state index is 0.00585. The molecule has 0 aliphatic carbocycles. The predicted molar refractivity (Wildman–Crippen MR) is 106 cm³/mol. The number of nitrogens with zero attached hydrogens (tertiary/aromatic N) is 2. The van der Waals surface area contributed by atoms with Gasteiger partial charge in [0.05, 0.1) is 11.9 Å². The first-order valence-corrected chi connectivity index (χ1v) is 9.09. The summed E-state index contributed by atoms with van der Waals surface area (Å²) in [5.74, 6) is -0.00585. The molecule has 0 spiro atoms. The van der Waals surface area contributed by atoms with Gasteiger partial charge in [-0.3, -0.25) is 14.7 Å². The van der Waals surface area contributed by atoms with E-state index in [0.29, 0.717) is 12.2 Å². The summed E-state index contributed by atoms with van der Waals surface area (Å²) in [5, 5.41) is 8.59. The maximum Gasteiger partial charge on any atom is 0.323 e. The van der Waals surface area contributed by atoms with Crippen LogP contribution in [0.5, 0.6) is 0 Å². The van der Waals surface area contributed by atoms with Crippen molar-refractivity contribution in [2.24, 2.45) is 0 Å². The number of carbonyl (C=O) groups is 2. The van der Waals surface area contributed by atoms with Crippen LogP contribution in [-0.4, -0.2) is 41.5 Å². The average molecular weight is 367 g/mol. The van der Waals surface area contributed by atoms with E-state index in [2.05, 4.69) is 31.9 Å². The van der Waals surface area contributed by atoms with Crippen molar-refractivity contribution in [2.75, 3.05) is 30.3 Å². The summed E-state index contributed by atoms with van der Waals surface area (Å²) in [7, 11) is 0. The van der Waals surface area contributed by atoms with Crippen molar-refractivity contribution in [3.05, 3.63) is 53.3 Å². The van der Waals surface area contributed by atoms with Crippen LogP contribution in [0.15, 0.2) is 36.5 Å². The quantitative estimate of drug-likeness (QED) is 0.758. The summed E-state index contributed by atoms with van der Waals surface area (Å²) >= 11 is 0. The molecule has 0 saturated carbocycles. The highest BCUT2D eigenvalue weighted by molar-refractivity contribution is 6.00. The largest absolute Gasteiger partial charge is 0.355 e. The Bertz CT molecular complexity index is 820. The van der Waals surface area contributed by atoms with E-state index in [0.717, 1.165) is 37.4 Å². The lowest BCUT2D eigenvalue weighted by molar-refractivity contribution is -0.119. The van der Waals surface area contributed by atoms with E-state index in [1.807, 2.05) is 31.2 Å². The van der Waals surface area contributed by atoms with Gasteiger partial charge in [-0.25, -0.2) is 4.79 Å². The Balaban J connectivity index is 1.60. The first kappa shape index (κ1) is 18.8. The first-order valence-electron chi connectivity index (χ1n) is 9.09. The molecule has 1 aliphatic heterocycles. The molecule has 27 heavy (non-hydrogen) atoms. The fraction of sp³-hybridized carbons (Fsp3) is 0.350. The maximum absolute atomic E-state index is 12.3. The molecule has 0 bridgehead atoms. The number of nitrogens with one attached hydrogen (secondary N) is 3. The molecule has 2 heterocycles. The monoisotopic (exact) mass is 367 g/mol. The molecule has 2 aromatic rings. The third kappa shape index (κ3) is 5.27. The van der Waals surface area contributed by atoms with Crippen molar-refractivity contribution < 1.29 is 9.59 Å². The topological polar surface area (TPSA) is 86.4 Å². The lowest BCUT2D eigenvalue weighted by atomic mass is 9.97. The van der Waals surface area contributed by atoms with Gasteiger partial charge in [0, 0.05) is 44.5 Å². The van der Waals surface area contributed by atoms with Crippen molar-refractivity contribution in [1.82, 2.24) is 15.2 Å². The van der Waals surface area contributed by atoms with Gasteiger partial charge in [0.2, 0.25) is 5.91 Å². The molecule has 7 heteroatoms. The van der Waals surface area contributed by atoms with E-state index in [-0.39, 0.29) is 11.9 Å². The highest BCUT2D eigenvalue weighted by Gasteiger charge is 2.19. The molecule has 0 unspecified atom stereocenters. The summed E-state index contributed by atoms with van der Waals surface area (Å²) in [5.41, 5.74) is 4.78. The van der Waals surface area contributed by atoms with Crippen LogP contribution in [0.4, 0.5) is 16.2 Å². The number of hydrogen-bond donors (Lipinski definition) is 3. The number of aromatic nitrogens is 1. The number of hydrogen-bond acceptors (Lipinski definition) is 4. The zero-order valence-corrected chi connectivity index (χ0v) is 15.7. The SMILES string of the molecule is CC(=O)NCCN1CCc2c(cccc2NC(=O)Nc2ccc(C)nc2)C1. The molecular weight excluding hydrogens is 342 g/mol. The molecular formula is C20H25N5O2. The van der Waals surface area contributed by atoms with Crippen LogP contribution in [0.2, 0.25) is 0 Å². The molecule has 3 N–H and O–H groups in total. The highest BCUT2D eigenvalue weighted by atomic mass is 16.2. The molecule has 3 amide bonds. The van der Waals surface area contributed by atoms with E-state index >= 15 is 0 Å². The van der Waals surface area contributed by atoms with E-state index in [1.165, 1.54) is 18.1 Å². The summed E-state index contributed by atoms with van der Waals surface area (Å²) in [6.07, 6.45) is 2.50. The standard InChI is InChI=1S/C20H25N5O2/c1-14-6-7-17(12-22-14)23-20(27)24-19-5-3-4-16-13-25(10-8-18(16)19)11-9-21-15(2)26/h3-7,12H,8-11,13H2,1-2H3,(H,21,26)(H2,23,24,27). The molecule has 7 nitrogen and oxygen atoms in total. The Morgan fingerprint density at radius 1 is 1.19 bits per heavy atom. The third-order valence-corrected chi connectivity index (χ3v) is 4.56. The number of urea groups is 1. The van der Waals surface area contributed by atoms with Crippen LogP contribution in [0, 0.1) is 6.92 Å². The van der Waals surface area contributed by atoms with Crippen LogP contribution in [0.1, 0.15) is 23.7 Å². The Morgan fingerprint density at radius 3 is 2.78 bits per heavy atom. The molecule has 0 radical (unpaired) electrons. The fourth-order valence-electron chi connectivity index (χ4n) is 3.19. The smallest absolute Gasteiger partial charge is 0.323 e. The van der Waals surface area contributed by atoms with E-state index in [4.69, 9.17) is 0 Å². The minimum Gasteiger partial charge on any atom is -0.355 e. The van der Waals surface area contributed by atoms with Gasteiger partial charge in [-0.05, 0) is 42.7 Å². The number of carbonyl (C=O) groups excluding carboxylic acids is 2. The molecule has 1 aromatic carbocycles. The second-order valence-electron chi connectivity index (χ2n) is 6.72. The van der Waals surface area contributed by atoms with Gasteiger partial charge >= 0.3 is 6.03 Å². The van der Waals surface area contributed by atoms with Gasteiger partial charge in [0.1, 0.15) is 0 Å². The molecule has 0 atom stereocenters. The van der Waals surface area contributed by atoms with Crippen LogP contribution in [0.3, 0.4) is 0 Å². The van der Waals surface area contributed by atoms with Gasteiger partial charge < -0.3 is 16.0 Å². The summed E-state index contributed by atoms with van der Waals surface area (Å²) in [6, 6.07) is 9.39. The van der Waals surface area contributed by atoms with Crippen molar-refractivity contribution >= 4 is 23.3 Å². The van der Waals surface area contributed by atoms with Gasteiger partial charge in [0.25, 0.3) is 0 Å². The normalized spacial score (nSPS) is 13.6. The molecule has 1 aliphatic rings. The third-order valence-electron chi connectivity index (χ3n) is 4.56. The Hall–Kier alpha value is -2.93. The predicted octanol–water partition coefficient (Wildman–Crippen LogP) is 2.53. The maximum atomic E-state index is 12.3. The Morgan fingerprint density at radius 2 is 2.04 bits per heavy atom. The average Bonchev–Trinajstić information content (AvgIpc) is 2.63. The summed E-state index contributed by atoms with van der Waals surface area (Å²) in [6.45, 7) is 6.61. The summed E-state index contributed by atoms with van der Waals surface area (Å²) < 4.78 is 0. The second-order valence-corrected chi connectivity index (χ2v) is 6.72. The Kier molecular flexibility index (Phi) is 6.03. The van der Waals surface area contributed by atoms with Crippen molar-refractivity contribution in [3.63, 3.8) is 0 Å². The second kappa shape index (κ2) is 8.64. The van der Waals surface area contributed by atoms with Gasteiger partial charge in [-0.2, -0.15) is 0 Å². The molecule has 3 rings (SSSR count). The molecule has 0 fully saturated rings. The zero-order valence-electron chi connectivity index (χ0n) is 15.7. The van der Waals surface area contributed by atoms with Crippen LogP contribution < -0.4 is 16.0 Å². The number of fused-ring (bicyclic) bond motifs is 1. The highest BCUT2D eigenvalue weighted by Crippen LogP contribution is 2.26. The summed E-state index contributed by atoms with van der Waals surface area (Å²) in [4.78, 5) is 29.8. The Labute approximate surface area is 159 Å². The zero-order chi connectivity index (χ0) is 19.2. The lowest BCUT2D eigenvalue weighted by Crippen LogP contribution is -2.37. The number of benzene rings is 1. The minimum atomic E-state index is -0.276. The van der Waals surface area contributed by atoms with E-state index in [9.17, 15) is 9.59 Å². The van der Waals surface area contributed by atoms with Crippen molar-refractivity contribution in [2.45, 2.75) is 26.8 Å². The van der Waals surface area contributed by atoms with Crippen molar-refractivity contribution in [3.8, 4) is 0 Å². The number of anilines is 2. The first-order chi connectivity index (χ1) is 13.0. The van der Waals surface area contributed by atoms with Crippen LogP contribution in [0.25, 0.3) is 0 Å². The van der Waals surface area contributed by atoms with Crippen molar-refractivity contribution in [1.29, 1.82) is 0 Å². The lowest BCUT2D eigenvalue weighted by Gasteiger charge is -2.30. The number of aryl methyl sites for hydroxylation is 1. The molecule has 142 valence electrons. The van der Waals surface area contributed by atoms with E-state index < -0.39 is 0 Å². The fourth-order valence-corrected chi connectivity index (χ4v) is 3.19. The number of amides is 3. The molecule has 1 aromatic heterocycles. The van der Waals surface area contributed by atoms with Crippen LogP contribution in [-0.2, 0) is 17.8 Å². The van der Waals surface area contributed by atoms with E-state index in [1.54, 1.807) is 6.20 Å². The number of rotatable bonds is 5. The van der Waals surface area contributed by atoms with Crippen LogP contribution >= 0.6 is 0 Å². The molecule has 0 saturated heterocycles. The van der Waals surface area contributed by atoms with Gasteiger partial charge in [-0.1, -0.05) is 12.1 Å².